The van der Waals surface area contributed by atoms with Gasteiger partial charge in [0.2, 0.25) is 0 Å². The molecule has 2 aliphatic rings. The summed E-state index contributed by atoms with van der Waals surface area (Å²) in [6, 6.07) is 8.42. The van der Waals surface area contributed by atoms with Crippen LogP contribution in [-0.4, -0.2) is 70.8 Å². The molecule has 1 aromatic carbocycles. The monoisotopic (exact) mass is 351 g/mol. The SMILES string of the molecule is S=C(NCC[NH+]1CCOCC1)Nc1ccc(N2CCOCC2)cc1. The van der Waals surface area contributed by atoms with Gasteiger partial charge in [-0.3, -0.25) is 0 Å². The van der Waals surface area contributed by atoms with Crippen LogP contribution in [0.2, 0.25) is 0 Å². The summed E-state index contributed by atoms with van der Waals surface area (Å²) in [4.78, 5) is 3.92. The number of ether oxygens (including phenoxy) is 2. The van der Waals surface area contributed by atoms with Gasteiger partial charge in [-0.05, 0) is 36.5 Å². The Bertz CT molecular complexity index is 514. The molecule has 3 rings (SSSR count). The number of nitrogens with one attached hydrogen (secondary N) is 3. The minimum atomic E-state index is 0.682. The van der Waals surface area contributed by atoms with Crippen LogP contribution in [0.4, 0.5) is 11.4 Å². The van der Waals surface area contributed by atoms with E-state index in [2.05, 4.69) is 39.8 Å². The average molecular weight is 351 g/mol. The second kappa shape index (κ2) is 9.17. The molecule has 0 spiro atoms. The Morgan fingerprint density at radius 3 is 2.42 bits per heavy atom. The zero-order chi connectivity index (χ0) is 16.6. The van der Waals surface area contributed by atoms with E-state index in [9.17, 15) is 0 Å². The fourth-order valence-corrected chi connectivity index (χ4v) is 3.24. The summed E-state index contributed by atoms with van der Waals surface area (Å²) in [6.07, 6.45) is 0. The molecule has 0 unspecified atom stereocenters. The Hall–Kier alpha value is -1.41. The van der Waals surface area contributed by atoms with Crippen molar-refractivity contribution in [2.75, 3.05) is 75.9 Å². The molecular formula is C17H27N4O2S+. The molecule has 0 aromatic heterocycles. The third-order valence-electron chi connectivity index (χ3n) is 4.47. The lowest BCUT2D eigenvalue weighted by atomic mass is 10.2. The van der Waals surface area contributed by atoms with Gasteiger partial charge in [0.05, 0.1) is 39.5 Å². The van der Waals surface area contributed by atoms with Crippen LogP contribution in [0, 0.1) is 0 Å². The fourth-order valence-electron chi connectivity index (χ4n) is 3.02. The molecule has 132 valence electrons. The summed E-state index contributed by atoms with van der Waals surface area (Å²) in [6.45, 7) is 9.39. The first-order valence-corrected chi connectivity index (χ1v) is 9.11. The number of anilines is 2. The second-order valence-electron chi connectivity index (χ2n) is 6.14. The van der Waals surface area contributed by atoms with E-state index < -0.39 is 0 Å². The van der Waals surface area contributed by atoms with Gasteiger partial charge in [-0.25, -0.2) is 0 Å². The molecular weight excluding hydrogens is 324 g/mol. The number of benzene rings is 1. The van der Waals surface area contributed by atoms with Gasteiger partial charge in [-0.1, -0.05) is 0 Å². The lowest BCUT2D eigenvalue weighted by molar-refractivity contribution is -0.906. The van der Waals surface area contributed by atoms with Crippen molar-refractivity contribution < 1.29 is 14.4 Å². The normalized spacial score (nSPS) is 19.1. The van der Waals surface area contributed by atoms with Gasteiger partial charge in [0.1, 0.15) is 13.1 Å². The number of hydrogen-bond donors (Lipinski definition) is 3. The van der Waals surface area contributed by atoms with E-state index in [1.165, 1.54) is 5.69 Å². The topological polar surface area (TPSA) is 50.2 Å². The van der Waals surface area contributed by atoms with Gasteiger partial charge in [0.15, 0.2) is 5.11 Å². The van der Waals surface area contributed by atoms with Crippen molar-refractivity contribution in [3.05, 3.63) is 24.3 Å². The van der Waals surface area contributed by atoms with Gasteiger partial charge in [0.25, 0.3) is 0 Å². The molecule has 2 heterocycles. The molecule has 24 heavy (non-hydrogen) atoms. The maximum absolute atomic E-state index is 5.39. The van der Waals surface area contributed by atoms with Crippen molar-refractivity contribution in [1.29, 1.82) is 0 Å². The van der Waals surface area contributed by atoms with E-state index in [4.69, 9.17) is 21.7 Å². The molecule has 3 N–H and O–H groups in total. The van der Waals surface area contributed by atoms with Gasteiger partial charge in [0, 0.05) is 24.5 Å². The molecule has 0 saturated carbocycles. The zero-order valence-corrected chi connectivity index (χ0v) is 14.9. The van der Waals surface area contributed by atoms with Gasteiger partial charge in [-0.15, -0.1) is 0 Å². The quantitative estimate of drug-likeness (QED) is 0.635. The zero-order valence-electron chi connectivity index (χ0n) is 14.1. The number of rotatable bonds is 5. The van der Waals surface area contributed by atoms with Crippen LogP contribution in [0.15, 0.2) is 24.3 Å². The number of quaternary nitrogens is 1. The molecule has 0 amide bonds. The van der Waals surface area contributed by atoms with Crippen LogP contribution in [0.5, 0.6) is 0 Å². The Balaban J connectivity index is 1.39. The summed E-state index contributed by atoms with van der Waals surface area (Å²) in [5.41, 5.74) is 2.25. The Morgan fingerprint density at radius 2 is 1.71 bits per heavy atom. The van der Waals surface area contributed by atoms with Gasteiger partial charge >= 0.3 is 0 Å². The molecule has 0 atom stereocenters. The summed E-state index contributed by atoms with van der Waals surface area (Å²) < 4.78 is 10.8. The van der Waals surface area contributed by atoms with E-state index in [0.717, 1.165) is 71.4 Å². The first kappa shape index (κ1) is 17.4. The van der Waals surface area contributed by atoms with E-state index >= 15 is 0 Å². The van der Waals surface area contributed by atoms with Crippen molar-refractivity contribution in [3.63, 3.8) is 0 Å². The highest BCUT2D eigenvalue weighted by Gasteiger charge is 2.13. The van der Waals surface area contributed by atoms with Crippen LogP contribution in [0.3, 0.4) is 0 Å². The fraction of sp³-hybridized carbons (Fsp3) is 0.588. The summed E-state index contributed by atoms with van der Waals surface area (Å²) in [5, 5.41) is 7.22. The highest BCUT2D eigenvalue weighted by Crippen LogP contribution is 2.18. The van der Waals surface area contributed by atoms with E-state index in [1.807, 2.05) is 0 Å². The number of nitrogens with zero attached hydrogens (tertiary/aromatic N) is 1. The first-order valence-electron chi connectivity index (χ1n) is 8.70. The molecule has 2 fully saturated rings. The standard InChI is InChI=1S/C17H26N4O2S/c24-17(18-5-6-20-7-11-22-12-8-20)19-15-1-3-16(4-2-15)21-9-13-23-14-10-21/h1-4H,5-14H2,(H2,18,19,24)/p+1. The minimum absolute atomic E-state index is 0.682. The van der Waals surface area contributed by atoms with Crippen molar-refractivity contribution >= 4 is 28.7 Å². The Labute approximate surface area is 149 Å². The average Bonchev–Trinajstić information content (AvgIpc) is 2.64. The largest absolute Gasteiger partial charge is 0.378 e. The number of hydrogen-bond acceptors (Lipinski definition) is 4. The first-order chi connectivity index (χ1) is 11.8. The highest BCUT2D eigenvalue weighted by atomic mass is 32.1. The summed E-state index contributed by atoms with van der Waals surface area (Å²) in [5.74, 6) is 0. The molecule has 2 aliphatic heterocycles. The second-order valence-corrected chi connectivity index (χ2v) is 6.55. The number of thiocarbonyl (C=S) groups is 1. The number of morpholine rings is 2. The van der Waals surface area contributed by atoms with Crippen molar-refractivity contribution in [2.45, 2.75) is 0 Å². The lowest BCUT2D eigenvalue weighted by Crippen LogP contribution is -3.14. The van der Waals surface area contributed by atoms with Crippen LogP contribution >= 0.6 is 12.2 Å². The van der Waals surface area contributed by atoms with Crippen LogP contribution in [0.25, 0.3) is 0 Å². The van der Waals surface area contributed by atoms with Crippen LogP contribution < -0.4 is 20.4 Å². The van der Waals surface area contributed by atoms with Gasteiger partial charge in [-0.2, -0.15) is 0 Å². The molecule has 6 nitrogen and oxygen atoms in total. The third kappa shape index (κ3) is 5.31. The van der Waals surface area contributed by atoms with E-state index in [-0.39, 0.29) is 0 Å². The summed E-state index contributed by atoms with van der Waals surface area (Å²) in [7, 11) is 0. The van der Waals surface area contributed by atoms with Crippen LogP contribution in [0.1, 0.15) is 0 Å². The third-order valence-corrected chi connectivity index (χ3v) is 4.71. The Morgan fingerprint density at radius 1 is 1.04 bits per heavy atom. The summed E-state index contributed by atoms with van der Waals surface area (Å²) >= 11 is 5.38. The molecule has 1 aromatic rings. The highest BCUT2D eigenvalue weighted by molar-refractivity contribution is 7.80. The predicted molar refractivity (Wildman–Crippen MR) is 100 cm³/mol. The van der Waals surface area contributed by atoms with Gasteiger partial charge < -0.3 is 29.9 Å². The molecule has 7 heteroatoms. The smallest absolute Gasteiger partial charge is 0.170 e. The van der Waals surface area contributed by atoms with Crippen molar-refractivity contribution in [1.82, 2.24) is 5.32 Å². The van der Waals surface area contributed by atoms with Crippen molar-refractivity contribution in [2.24, 2.45) is 0 Å². The predicted octanol–water partition coefficient (Wildman–Crippen LogP) is -0.275. The molecule has 0 bridgehead atoms. The van der Waals surface area contributed by atoms with Crippen molar-refractivity contribution in [3.8, 4) is 0 Å². The lowest BCUT2D eigenvalue weighted by Gasteiger charge is -2.29. The van der Waals surface area contributed by atoms with E-state index in [0.29, 0.717) is 5.11 Å². The van der Waals surface area contributed by atoms with E-state index in [1.54, 1.807) is 4.90 Å². The maximum Gasteiger partial charge on any atom is 0.170 e. The maximum atomic E-state index is 5.39. The van der Waals surface area contributed by atoms with Crippen LogP contribution in [-0.2, 0) is 9.47 Å². The Kier molecular flexibility index (Phi) is 6.66. The molecule has 0 aliphatic carbocycles. The minimum Gasteiger partial charge on any atom is -0.378 e. The molecule has 2 saturated heterocycles. The molecule has 0 radical (unpaired) electrons.